The van der Waals surface area contributed by atoms with Crippen LogP contribution in [0.3, 0.4) is 0 Å². The van der Waals surface area contributed by atoms with E-state index in [2.05, 4.69) is 4.90 Å². The van der Waals surface area contributed by atoms with Gasteiger partial charge in [0, 0.05) is 38.3 Å². The molecule has 3 rings (SSSR count). The van der Waals surface area contributed by atoms with Crippen LogP contribution in [0.25, 0.3) is 0 Å². The number of carbonyl (C=O) groups excluding carboxylic acids is 1. The van der Waals surface area contributed by atoms with Gasteiger partial charge in [0.25, 0.3) is 5.91 Å². The van der Waals surface area contributed by atoms with E-state index in [9.17, 15) is 14.3 Å². The number of aliphatic hydroxyl groups excluding tert-OH is 1. The summed E-state index contributed by atoms with van der Waals surface area (Å²) in [4.78, 5) is 16.4. The van der Waals surface area contributed by atoms with Crippen molar-refractivity contribution in [1.82, 2.24) is 9.80 Å². The first-order valence-corrected chi connectivity index (χ1v) is 8.15. The van der Waals surface area contributed by atoms with E-state index >= 15 is 0 Å². The SMILES string of the molecule is COc1ccc(C(=O)N2CCN([C@@H]3CCC[C@H]3O)CC2)c(F)c1. The summed E-state index contributed by atoms with van der Waals surface area (Å²) in [5.41, 5.74) is 0.0835. The molecule has 2 fully saturated rings. The minimum absolute atomic E-state index is 0.0835. The first kappa shape index (κ1) is 16.2. The monoisotopic (exact) mass is 322 g/mol. The van der Waals surface area contributed by atoms with Crippen LogP contribution in [0.15, 0.2) is 18.2 Å². The number of methoxy groups -OCH3 is 1. The van der Waals surface area contributed by atoms with Crippen molar-refractivity contribution in [2.75, 3.05) is 33.3 Å². The molecular weight excluding hydrogens is 299 g/mol. The minimum atomic E-state index is -0.553. The molecule has 1 aromatic rings. The van der Waals surface area contributed by atoms with Crippen LogP contribution in [0.1, 0.15) is 29.6 Å². The molecule has 0 aromatic heterocycles. The quantitative estimate of drug-likeness (QED) is 0.916. The smallest absolute Gasteiger partial charge is 0.256 e. The molecule has 23 heavy (non-hydrogen) atoms. The highest BCUT2D eigenvalue weighted by Crippen LogP contribution is 2.25. The second-order valence-corrected chi connectivity index (χ2v) is 6.24. The summed E-state index contributed by atoms with van der Waals surface area (Å²) in [6.45, 7) is 2.58. The first-order chi connectivity index (χ1) is 11.1. The Labute approximate surface area is 135 Å². The number of nitrogens with zero attached hydrogens (tertiary/aromatic N) is 2. The summed E-state index contributed by atoms with van der Waals surface area (Å²) in [6.07, 6.45) is 2.68. The van der Waals surface area contributed by atoms with Gasteiger partial charge >= 0.3 is 0 Å². The largest absolute Gasteiger partial charge is 0.497 e. The van der Waals surface area contributed by atoms with E-state index in [-0.39, 0.29) is 23.6 Å². The Balaban J connectivity index is 1.62. The molecule has 0 unspecified atom stereocenters. The van der Waals surface area contributed by atoms with Crippen molar-refractivity contribution in [1.29, 1.82) is 0 Å². The molecule has 1 saturated heterocycles. The third-order valence-corrected chi connectivity index (χ3v) is 4.92. The Hall–Kier alpha value is -1.66. The third-order valence-electron chi connectivity index (χ3n) is 4.92. The number of carbonyl (C=O) groups is 1. The predicted octanol–water partition coefficient (Wildman–Crippen LogP) is 1.51. The van der Waals surface area contributed by atoms with Gasteiger partial charge in [-0.05, 0) is 31.4 Å². The van der Waals surface area contributed by atoms with Crippen LogP contribution in [0.4, 0.5) is 4.39 Å². The van der Waals surface area contributed by atoms with E-state index in [1.165, 1.54) is 19.2 Å². The average molecular weight is 322 g/mol. The lowest BCUT2D eigenvalue weighted by Gasteiger charge is -2.39. The second kappa shape index (κ2) is 6.84. The van der Waals surface area contributed by atoms with Gasteiger partial charge in [0.15, 0.2) is 0 Å². The van der Waals surface area contributed by atoms with Crippen molar-refractivity contribution >= 4 is 5.91 Å². The van der Waals surface area contributed by atoms with Crippen molar-refractivity contribution in [2.45, 2.75) is 31.4 Å². The molecule has 0 bridgehead atoms. The van der Waals surface area contributed by atoms with Gasteiger partial charge in [-0.15, -0.1) is 0 Å². The number of piperazine rings is 1. The molecule has 1 aliphatic carbocycles. The Kier molecular flexibility index (Phi) is 4.82. The number of hydrogen-bond donors (Lipinski definition) is 1. The topological polar surface area (TPSA) is 53.0 Å². The Morgan fingerprint density at radius 1 is 1.26 bits per heavy atom. The van der Waals surface area contributed by atoms with Gasteiger partial charge in [-0.2, -0.15) is 0 Å². The number of hydrogen-bond acceptors (Lipinski definition) is 4. The molecule has 5 nitrogen and oxygen atoms in total. The molecule has 1 saturated carbocycles. The first-order valence-electron chi connectivity index (χ1n) is 8.15. The second-order valence-electron chi connectivity index (χ2n) is 6.24. The lowest BCUT2D eigenvalue weighted by molar-refractivity contribution is 0.0313. The van der Waals surface area contributed by atoms with Gasteiger partial charge in [-0.25, -0.2) is 4.39 Å². The Morgan fingerprint density at radius 2 is 2.00 bits per heavy atom. The molecule has 1 amide bonds. The molecular formula is C17H23FN2O3. The van der Waals surface area contributed by atoms with Gasteiger partial charge < -0.3 is 14.7 Å². The average Bonchev–Trinajstić information content (AvgIpc) is 3.00. The van der Waals surface area contributed by atoms with Crippen LogP contribution in [-0.4, -0.2) is 66.2 Å². The number of halogens is 1. The highest BCUT2D eigenvalue weighted by Gasteiger charge is 2.33. The van der Waals surface area contributed by atoms with E-state index in [0.717, 1.165) is 32.4 Å². The molecule has 1 aromatic carbocycles. The van der Waals surface area contributed by atoms with E-state index in [1.807, 2.05) is 0 Å². The zero-order chi connectivity index (χ0) is 16.4. The van der Waals surface area contributed by atoms with Crippen LogP contribution in [0.2, 0.25) is 0 Å². The lowest BCUT2D eigenvalue weighted by atomic mass is 10.1. The van der Waals surface area contributed by atoms with Crippen molar-refractivity contribution < 1.29 is 19.0 Å². The van der Waals surface area contributed by atoms with E-state index in [4.69, 9.17) is 4.74 Å². The summed E-state index contributed by atoms with van der Waals surface area (Å²) >= 11 is 0. The Morgan fingerprint density at radius 3 is 2.57 bits per heavy atom. The maximum absolute atomic E-state index is 14.0. The minimum Gasteiger partial charge on any atom is -0.497 e. The maximum Gasteiger partial charge on any atom is 0.256 e. The van der Waals surface area contributed by atoms with E-state index in [1.54, 1.807) is 11.0 Å². The normalized spacial score (nSPS) is 25.6. The predicted molar refractivity (Wildman–Crippen MR) is 84.1 cm³/mol. The van der Waals surface area contributed by atoms with E-state index < -0.39 is 5.82 Å². The number of ether oxygens (including phenoxy) is 1. The third kappa shape index (κ3) is 3.33. The summed E-state index contributed by atoms with van der Waals surface area (Å²) in [5, 5.41) is 10.00. The fraction of sp³-hybridized carbons (Fsp3) is 0.588. The Bertz CT molecular complexity index is 573. The molecule has 126 valence electrons. The fourth-order valence-corrected chi connectivity index (χ4v) is 3.57. The zero-order valence-electron chi connectivity index (χ0n) is 13.4. The molecule has 6 heteroatoms. The zero-order valence-corrected chi connectivity index (χ0v) is 13.4. The van der Waals surface area contributed by atoms with Crippen molar-refractivity contribution in [3.63, 3.8) is 0 Å². The van der Waals surface area contributed by atoms with Crippen LogP contribution in [0.5, 0.6) is 5.75 Å². The molecule has 0 spiro atoms. The number of rotatable bonds is 3. The van der Waals surface area contributed by atoms with Gasteiger partial charge in [-0.3, -0.25) is 9.69 Å². The molecule has 1 heterocycles. The number of aliphatic hydroxyl groups is 1. The van der Waals surface area contributed by atoms with Crippen molar-refractivity contribution in [3.8, 4) is 5.75 Å². The summed E-state index contributed by atoms with van der Waals surface area (Å²) in [7, 11) is 1.47. The van der Waals surface area contributed by atoms with Crippen LogP contribution >= 0.6 is 0 Å². The van der Waals surface area contributed by atoms with Gasteiger partial charge in [-0.1, -0.05) is 0 Å². The highest BCUT2D eigenvalue weighted by molar-refractivity contribution is 5.94. The van der Waals surface area contributed by atoms with Crippen LogP contribution in [0, 0.1) is 5.82 Å². The van der Waals surface area contributed by atoms with Gasteiger partial charge in [0.05, 0.1) is 18.8 Å². The molecule has 2 aliphatic rings. The van der Waals surface area contributed by atoms with Gasteiger partial charge in [0.2, 0.25) is 0 Å². The van der Waals surface area contributed by atoms with Gasteiger partial charge in [0.1, 0.15) is 11.6 Å². The van der Waals surface area contributed by atoms with E-state index in [0.29, 0.717) is 18.8 Å². The maximum atomic E-state index is 14.0. The lowest BCUT2D eigenvalue weighted by Crippen LogP contribution is -2.53. The molecule has 1 N–H and O–H groups in total. The highest BCUT2D eigenvalue weighted by atomic mass is 19.1. The standard InChI is InChI=1S/C17H23FN2O3/c1-23-12-5-6-13(14(18)11-12)17(22)20-9-7-19(8-10-20)15-3-2-4-16(15)21/h5-6,11,15-16,21H,2-4,7-10H2,1H3/t15-,16-/m1/s1. The molecule has 2 atom stereocenters. The van der Waals surface area contributed by atoms with Crippen molar-refractivity contribution in [3.05, 3.63) is 29.6 Å². The molecule has 1 aliphatic heterocycles. The number of amides is 1. The summed E-state index contributed by atoms with van der Waals surface area (Å²) < 4.78 is 19.0. The summed E-state index contributed by atoms with van der Waals surface area (Å²) in [6, 6.07) is 4.52. The van der Waals surface area contributed by atoms with Crippen LogP contribution in [-0.2, 0) is 0 Å². The number of benzene rings is 1. The summed E-state index contributed by atoms with van der Waals surface area (Å²) in [5.74, 6) is -0.432. The fourth-order valence-electron chi connectivity index (χ4n) is 3.57. The molecule has 0 radical (unpaired) electrons. The van der Waals surface area contributed by atoms with Crippen molar-refractivity contribution in [2.24, 2.45) is 0 Å². The van der Waals surface area contributed by atoms with Crippen LogP contribution < -0.4 is 4.74 Å².